The summed E-state index contributed by atoms with van der Waals surface area (Å²) in [4.78, 5) is 28.8. The first-order valence-electron chi connectivity index (χ1n) is 11.1. The Morgan fingerprint density at radius 1 is 1.28 bits per heavy atom. The molecule has 0 bridgehead atoms. The molecule has 1 unspecified atom stereocenters. The number of hydrogen-bond acceptors (Lipinski definition) is 5. The number of amides is 2. The number of carbonyl (C=O) groups is 2. The number of benzene rings is 1. The van der Waals surface area contributed by atoms with Crippen LogP contribution in [0.3, 0.4) is 0 Å². The van der Waals surface area contributed by atoms with Crippen LogP contribution in [-0.2, 0) is 24.2 Å². The lowest BCUT2D eigenvalue weighted by molar-refractivity contribution is -0.127. The van der Waals surface area contributed by atoms with Crippen LogP contribution in [0.25, 0.3) is 0 Å². The minimum Gasteiger partial charge on any atom is -0.383 e. The molecule has 1 saturated heterocycles. The summed E-state index contributed by atoms with van der Waals surface area (Å²) in [5.74, 6) is -0.297. The maximum absolute atomic E-state index is 12.5. The third kappa shape index (κ3) is 4.02. The second-order valence-electron chi connectivity index (χ2n) is 9.10. The highest BCUT2D eigenvalue weighted by atomic mass is 16.2. The van der Waals surface area contributed by atoms with Crippen LogP contribution in [-0.4, -0.2) is 64.1 Å². The van der Waals surface area contributed by atoms with Gasteiger partial charge in [-0.25, -0.2) is 4.68 Å². The standard InChI is InChI=1S/C24H32N6O2/c1-4-20(31)29-13-18(28(2)3)12-19(29)14-30-23(25)21(24(26)32)22(27-30)17-10-9-15-7-5-6-8-16(15)11-17/h4-8,17-19H,1,9-14,25H2,2-3H3,(H2,26,32)/t17?,18-,19-/m0/s1. The summed E-state index contributed by atoms with van der Waals surface area (Å²) in [6, 6.07) is 8.53. The van der Waals surface area contributed by atoms with E-state index in [1.165, 1.54) is 17.2 Å². The summed E-state index contributed by atoms with van der Waals surface area (Å²) in [6.07, 6.45) is 4.77. The van der Waals surface area contributed by atoms with Crippen molar-refractivity contribution in [3.63, 3.8) is 0 Å². The van der Waals surface area contributed by atoms with Gasteiger partial charge in [-0.1, -0.05) is 30.8 Å². The van der Waals surface area contributed by atoms with Gasteiger partial charge in [0.25, 0.3) is 5.91 Å². The molecule has 1 aliphatic carbocycles. The third-order valence-electron chi connectivity index (χ3n) is 6.96. The molecular weight excluding hydrogens is 404 g/mol. The van der Waals surface area contributed by atoms with E-state index in [4.69, 9.17) is 16.6 Å². The van der Waals surface area contributed by atoms with Crippen LogP contribution in [0.4, 0.5) is 5.82 Å². The number of likely N-dealkylation sites (N-methyl/N-ethyl adjacent to an activating group) is 1. The molecule has 0 spiro atoms. The van der Waals surface area contributed by atoms with Crippen LogP contribution < -0.4 is 11.5 Å². The Kier molecular flexibility index (Phi) is 6.06. The van der Waals surface area contributed by atoms with Gasteiger partial charge in [-0.15, -0.1) is 0 Å². The minimum absolute atomic E-state index is 0.0833. The number of hydrogen-bond donors (Lipinski definition) is 2. The number of nitrogens with two attached hydrogens (primary N) is 2. The van der Waals surface area contributed by atoms with Crippen molar-refractivity contribution >= 4 is 17.6 Å². The fraction of sp³-hybridized carbons (Fsp3) is 0.458. The molecule has 2 heterocycles. The maximum atomic E-state index is 12.5. The summed E-state index contributed by atoms with van der Waals surface area (Å²) in [5, 5.41) is 4.79. The molecule has 4 N–H and O–H groups in total. The molecule has 1 fully saturated rings. The van der Waals surface area contributed by atoms with Gasteiger partial charge in [0.1, 0.15) is 11.4 Å². The van der Waals surface area contributed by atoms with E-state index >= 15 is 0 Å². The second-order valence-corrected chi connectivity index (χ2v) is 9.10. The quantitative estimate of drug-likeness (QED) is 0.668. The van der Waals surface area contributed by atoms with Gasteiger partial charge in [-0.3, -0.25) is 9.59 Å². The number of nitrogens with zero attached hydrogens (tertiary/aromatic N) is 4. The zero-order valence-corrected chi connectivity index (χ0v) is 18.8. The first-order valence-corrected chi connectivity index (χ1v) is 11.1. The molecule has 8 heteroatoms. The van der Waals surface area contributed by atoms with Gasteiger partial charge >= 0.3 is 0 Å². The Morgan fingerprint density at radius 3 is 2.66 bits per heavy atom. The fourth-order valence-electron chi connectivity index (χ4n) is 5.13. The van der Waals surface area contributed by atoms with E-state index < -0.39 is 5.91 Å². The van der Waals surface area contributed by atoms with Gasteiger partial charge < -0.3 is 21.3 Å². The Morgan fingerprint density at radius 2 is 2.00 bits per heavy atom. The van der Waals surface area contributed by atoms with E-state index in [1.54, 1.807) is 4.68 Å². The molecule has 2 aliphatic rings. The lowest BCUT2D eigenvalue weighted by atomic mass is 9.81. The van der Waals surface area contributed by atoms with Gasteiger partial charge in [0, 0.05) is 18.5 Å². The number of primary amides is 1. The van der Waals surface area contributed by atoms with Crippen LogP contribution >= 0.6 is 0 Å². The van der Waals surface area contributed by atoms with E-state index in [0.29, 0.717) is 24.3 Å². The predicted octanol–water partition coefficient (Wildman–Crippen LogP) is 1.55. The molecule has 2 aromatic rings. The van der Waals surface area contributed by atoms with Gasteiger partial charge in [-0.05, 0) is 57.0 Å². The molecule has 170 valence electrons. The molecule has 4 rings (SSSR count). The zero-order valence-electron chi connectivity index (χ0n) is 18.8. The van der Waals surface area contributed by atoms with Crippen molar-refractivity contribution in [3.8, 4) is 0 Å². The first kappa shape index (κ1) is 22.1. The Labute approximate surface area is 188 Å². The van der Waals surface area contributed by atoms with Crippen molar-refractivity contribution in [1.82, 2.24) is 19.6 Å². The molecule has 1 aromatic heterocycles. The van der Waals surface area contributed by atoms with Crippen molar-refractivity contribution in [2.24, 2.45) is 5.73 Å². The number of aromatic nitrogens is 2. The summed E-state index contributed by atoms with van der Waals surface area (Å²) in [5.41, 5.74) is 15.8. The number of anilines is 1. The highest BCUT2D eigenvalue weighted by Gasteiger charge is 2.37. The SMILES string of the molecule is C=CC(=O)N1C[C@@H](N(C)C)C[C@H]1Cn1nc(C2CCc3ccccc3C2)c(C(N)=O)c1N. The van der Waals surface area contributed by atoms with E-state index in [-0.39, 0.29) is 29.7 Å². The maximum Gasteiger partial charge on any atom is 0.254 e. The molecule has 1 aromatic carbocycles. The van der Waals surface area contributed by atoms with Crippen molar-refractivity contribution in [2.45, 2.75) is 50.2 Å². The predicted molar refractivity (Wildman–Crippen MR) is 124 cm³/mol. The van der Waals surface area contributed by atoms with E-state index in [1.807, 2.05) is 25.1 Å². The lowest BCUT2D eigenvalue weighted by Crippen LogP contribution is -2.38. The molecule has 0 radical (unpaired) electrons. The molecule has 2 amide bonds. The highest BCUT2D eigenvalue weighted by Crippen LogP contribution is 2.35. The van der Waals surface area contributed by atoms with Crippen molar-refractivity contribution in [3.05, 3.63) is 59.3 Å². The third-order valence-corrected chi connectivity index (χ3v) is 6.96. The average Bonchev–Trinajstić information content (AvgIpc) is 3.35. The van der Waals surface area contributed by atoms with Gasteiger partial charge in [0.2, 0.25) is 5.91 Å². The summed E-state index contributed by atoms with van der Waals surface area (Å²) in [7, 11) is 4.02. The summed E-state index contributed by atoms with van der Waals surface area (Å²) < 4.78 is 1.67. The van der Waals surface area contributed by atoms with Crippen molar-refractivity contribution < 1.29 is 9.59 Å². The Hall–Kier alpha value is -3.13. The van der Waals surface area contributed by atoms with Crippen LogP contribution in [0.5, 0.6) is 0 Å². The monoisotopic (exact) mass is 436 g/mol. The number of likely N-dealkylation sites (tertiary alicyclic amines) is 1. The molecule has 32 heavy (non-hydrogen) atoms. The average molecular weight is 437 g/mol. The number of carbonyl (C=O) groups excluding carboxylic acids is 2. The van der Waals surface area contributed by atoms with Gasteiger partial charge in [0.15, 0.2) is 0 Å². The molecule has 3 atom stereocenters. The normalized spacial score (nSPS) is 22.7. The Bertz CT molecular complexity index is 1040. The van der Waals surface area contributed by atoms with E-state index in [9.17, 15) is 9.59 Å². The van der Waals surface area contributed by atoms with E-state index in [2.05, 4.69) is 29.7 Å². The van der Waals surface area contributed by atoms with Crippen LogP contribution in [0.1, 0.15) is 45.9 Å². The second kappa shape index (κ2) is 8.78. The van der Waals surface area contributed by atoms with Gasteiger partial charge in [0.05, 0.1) is 18.3 Å². The van der Waals surface area contributed by atoms with Crippen LogP contribution in [0, 0.1) is 0 Å². The molecule has 1 aliphatic heterocycles. The topological polar surface area (TPSA) is 110 Å². The van der Waals surface area contributed by atoms with Gasteiger partial charge in [-0.2, -0.15) is 5.10 Å². The van der Waals surface area contributed by atoms with Crippen molar-refractivity contribution in [1.29, 1.82) is 0 Å². The Balaban J connectivity index is 1.64. The number of aryl methyl sites for hydroxylation is 1. The zero-order chi connectivity index (χ0) is 23.0. The number of nitrogen functional groups attached to an aromatic ring is 1. The highest BCUT2D eigenvalue weighted by molar-refractivity contribution is 5.98. The number of rotatable bonds is 6. The molecule has 0 saturated carbocycles. The lowest BCUT2D eigenvalue weighted by Gasteiger charge is -2.24. The van der Waals surface area contributed by atoms with E-state index in [0.717, 1.165) is 25.7 Å². The molecular formula is C24H32N6O2. The number of fused-ring (bicyclic) bond motifs is 1. The first-order chi connectivity index (χ1) is 15.3. The van der Waals surface area contributed by atoms with Crippen LogP contribution in [0.15, 0.2) is 36.9 Å². The van der Waals surface area contributed by atoms with Crippen molar-refractivity contribution in [2.75, 3.05) is 26.4 Å². The molecule has 8 nitrogen and oxygen atoms in total. The largest absolute Gasteiger partial charge is 0.383 e. The van der Waals surface area contributed by atoms with Crippen LogP contribution in [0.2, 0.25) is 0 Å². The summed E-state index contributed by atoms with van der Waals surface area (Å²) >= 11 is 0. The summed E-state index contributed by atoms with van der Waals surface area (Å²) in [6.45, 7) is 4.68. The minimum atomic E-state index is -0.556. The smallest absolute Gasteiger partial charge is 0.254 e. The fourth-order valence-corrected chi connectivity index (χ4v) is 5.13.